The summed E-state index contributed by atoms with van der Waals surface area (Å²) < 4.78 is 29.7. The second kappa shape index (κ2) is 9.08. The van der Waals surface area contributed by atoms with Crippen molar-refractivity contribution in [3.8, 4) is 0 Å². The molecule has 4 aromatic rings. The molecule has 1 unspecified atom stereocenters. The van der Waals surface area contributed by atoms with Gasteiger partial charge in [-0.15, -0.1) is 5.10 Å². The summed E-state index contributed by atoms with van der Waals surface area (Å²) in [6, 6.07) is 10.8. The van der Waals surface area contributed by atoms with E-state index in [1.54, 1.807) is 30.3 Å². The first-order valence-electron chi connectivity index (χ1n) is 10.5. The van der Waals surface area contributed by atoms with Crippen LogP contribution < -0.4 is 15.5 Å². The Morgan fingerprint density at radius 3 is 2.62 bits per heavy atom. The van der Waals surface area contributed by atoms with Gasteiger partial charge in [-0.2, -0.15) is 4.52 Å². The molecule has 0 aliphatic carbocycles. The third kappa shape index (κ3) is 4.49. The third-order valence-electron chi connectivity index (χ3n) is 5.57. The first-order chi connectivity index (χ1) is 16.4. The van der Waals surface area contributed by atoms with Crippen LogP contribution in [0.4, 0.5) is 30.9 Å². The van der Waals surface area contributed by atoms with Crippen LogP contribution >= 0.6 is 23.2 Å². The number of urea groups is 1. The first kappa shape index (κ1) is 22.4. The van der Waals surface area contributed by atoms with Gasteiger partial charge in [0.25, 0.3) is 0 Å². The molecule has 1 aliphatic heterocycles. The first-order valence-corrected chi connectivity index (χ1v) is 11.2. The number of nitrogens with zero attached hydrogens (tertiary/aromatic N) is 4. The highest BCUT2D eigenvalue weighted by Gasteiger charge is 2.30. The summed E-state index contributed by atoms with van der Waals surface area (Å²) in [5.41, 5.74) is 1.23. The molecule has 0 bridgehead atoms. The van der Waals surface area contributed by atoms with Crippen molar-refractivity contribution in [2.75, 3.05) is 22.1 Å². The van der Waals surface area contributed by atoms with Gasteiger partial charge >= 0.3 is 6.03 Å². The van der Waals surface area contributed by atoms with Gasteiger partial charge in [-0.1, -0.05) is 23.2 Å². The van der Waals surface area contributed by atoms with Crippen molar-refractivity contribution in [1.29, 1.82) is 0 Å². The lowest BCUT2D eigenvalue weighted by Gasteiger charge is -2.26. The van der Waals surface area contributed by atoms with E-state index in [1.807, 2.05) is 4.90 Å². The van der Waals surface area contributed by atoms with Crippen LogP contribution in [0.2, 0.25) is 10.0 Å². The summed E-state index contributed by atoms with van der Waals surface area (Å²) >= 11 is 12.0. The fourth-order valence-corrected chi connectivity index (χ4v) is 4.67. The smallest absolute Gasteiger partial charge is 0.324 e. The molecule has 0 saturated carbocycles. The number of anilines is 3. The SMILES string of the molecule is O=C(Nc1cc(Cl)cc(Cl)c1)Nc1cnc2ccc(N3CCCC3c3cc(F)ccc3F)nn12. The molecule has 1 atom stereocenters. The third-order valence-corrected chi connectivity index (χ3v) is 6.01. The van der Waals surface area contributed by atoms with Crippen LogP contribution in [0.3, 0.4) is 0 Å². The number of aromatic nitrogens is 3. The average Bonchev–Trinajstić information content (AvgIpc) is 3.42. The molecule has 174 valence electrons. The molecular weight excluding hydrogens is 485 g/mol. The van der Waals surface area contributed by atoms with Crippen molar-refractivity contribution >= 4 is 52.2 Å². The molecule has 1 aliphatic rings. The number of carbonyl (C=O) groups is 1. The fourth-order valence-electron chi connectivity index (χ4n) is 4.14. The Hall–Kier alpha value is -3.43. The topological polar surface area (TPSA) is 74.6 Å². The van der Waals surface area contributed by atoms with Gasteiger partial charge in [0.15, 0.2) is 11.5 Å². The minimum atomic E-state index is -0.534. The molecular formula is C23H18Cl2F2N6O. The molecule has 1 fully saturated rings. The van der Waals surface area contributed by atoms with E-state index >= 15 is 0 Å². The van der Waals surface area contributed by atoms with Gasteiger partial charge < -0.3 is 10.2 Å². The van der Waals surface area contributed by atoms with Gasteiger partial charge in [-0.05, 0) is 61.4 Å². The van der Waals surface area contributed by atoms with Gasteiger partial charge in [-0.3, -0.25) is 5.32 Å². The van der Waals surface area contributed by atoms with E-state index < -0.39 is 17.7 Å². The highest BCUT2D eigenvalue weighted by Crippen LogP contribution is 2.36. The normalized spacial score (nSPS) is 15.6. The monoisotopic (exact) mass is 502 g/mol. The summed E-state index contributed by atoms with van der Waals surface area (Å²) in [7, 11) is 0. The quantitative estimate of drug-likeness (QED) is 0.343. The van der Waals surface area contributed by atoms with Crippen molar-refractivity contribution in [3.05, 3.63) is 82.0 Å². The fraction of sp³-hybridized carbons (Fsp3) is 0.174. The molecule has 2 amide bonds. The highest BCUT2D eigenvalue weighted by atomic mass is 35.5. The molecule has 5 rings (SSSR count). The second-order valence-corrected chi connectivity index (χ2v) is 8.73. The molecule has 7 nitrogen and oxygen atoms in total. The van der Waals surface area contributed by atoms with Crippen molar-refractivity contribution in [2.45, 2.75) is 18.9 Å². The molecule has 1 saturated heterocycles. The lowest BCUT2D eigenvalue weighted by Crippen LogP contribution is -2.25. The minimum absolute atomic E-state index is 0.294. The molecule has 11 heteroatoms. The second-order valence-electron chi connectivity index (χ2n) is 7.86. The van der Waals surface area contributed by atoms with E-state index in [-0.39, 0.29) is 6.04 Å². The number of nitrogens with one attached hydrogen (secondary N) is 2. The molecule has 3 heterocycles. The number of hydrogen-bond acceptors (Lipinski definition) is 4. The molecule has 0 radical (unpaired) electrons. The number of rotatable bonds is 4. The lowest BCUT2D eigenvalue weighted by atomic mass is 10.0. The van der Waals surface area contributed by atoms with E-state index in [9.17, 15) is 13.6 Å². The maximum absolute atomic E-state index is 14.5. The van der Waals surface area contributed by atoms with E-state index in [0.717, 1.165) is 18.6 Å². The molecule has 2 aromatic heterocycles. The number of imidazole rings is 1. The van der Waals surface area contributed by atoms with E-state index in [1.165, 1.54) is 16.8 Å². The van der Waals surface area contributed by atoms with Crippen molar-refractivity contribution < 1.29 is 13.6 Å². The maximum Gasteiger partial charge on any atom is 0.324 e. The number of benzene rings is 2. The van der Waals surface area contributed by atoms with Crippen LogP contribution in [0.1, 0.15) is 24.4 Å². The lowest BCUT2D eigenvalue weighted by molar-refractivity contribution is 0.262. The zero-order valence-corrected chi connectivity index (χ0v) is 19.1. The number of hydrogen-bond donors (Lipinski definition) is 2. The van der Waals surface area contributed by atoms with E-state index in [0.29, 0.717) is 51.5 Å². The van der Waals surface area contributed by atoms with Gasteiger partial charge in [-0.25, -0.2) is 18.6 Å². The van der Waals surface area contributed by atoms with Gasteiger partial charge in [0.05, 0.1) is 12.2 Å². The van der Waals surface area contributed by atoms with Crippen LogP contribution in [0.15, 0.2) is 54.7 Å². The Bertz CT molecular complexity index is 1380. The predicted octanol–water partition coefficient (Wildman–Crippen LogP) is 6.30. The Morgan fingerprint density at radius 2 is 1.82 bits per heavy atom. The summed E-state index contributed by atoms with van der Waals surface area (Å²) in [5.74, 6) is -0.0567. The number of fused-ring (bicyclic) bond motifs is 1. The molecule has 34 heavy (non-hydrogen) atoms. The number of halogens is 4. The molecule has 0 spiro atoms. The van der Waals surface area contributed by atoms with Crippen molar-refractivity contribution in [1.82, 2.24) is 14.6 Å². The highest BCUT2D eigenvalue weighted by molar-refractivity contribution is 6.35. The van der Waals surface area contributed by atoms with E-state index in [4.69, 9.17) is 23.2 Å². The van der Waals surface area contributed by atoms with Gasteiger partial charge in [0, 0.05) is 27.8 Å². The standard InChI is InChI=1S/C23H18Cl2F2N6O/c24-13-8-14(25)10-16(9-13)29-23(34)30-22-12-28-20-5-6-21(31-33(20)22)32-7-1-2-19(32)17-11-15(26)3-4-18(17)27/h3-6,8-12,19H,1-2,7H2,(H2,29,30,34). The zero-order valence-electron chi connectivity index (χ0n) is 17.6. The number of carbonyl (C=O) groups excluding carboxylic acids is 1. The largest absolute Gasteiger partial charge is 0.348 e. The number of amides is 2. The summed E-state index contributed by atoms with van der Waals surface area (Å²) in [6.07, 6.45) is 2.95. The van der Waals surface area contributed by atoms with Gasteiger partial charge in [0.2, 0.25) is 0 Å². The Kier molecular flexibility index (Phi) is 5.97. The van der Waals surface area contributed by atoms with Crippen LogP contribution in [-0.2, 0) is 0 Å². The van der Waals surface area contributed by atoms with Crippen LogP contribution in [0.25, 0.3) is 5.65 Å². The van der Waals surface area contributed by atoms with Crippen LogP contribution in [-0.4, -0.2) is 27.2 Å². The summed E-state index contributed by atoms with van der Waals surface area (Å²) in [4.78, 5) is 18.7. The Labute approximate surface area is 203 Å². The maximum atomic E-state index is 14.5. The van der Waals surface area contributed by atoms with Gasteiger partial charge in [0.1, 0.15) is 17.5 Å². The predicted molar refractivity (Wildman–Crippen MR) is 128 cm³/mol. The van der Waals surface area contributed by atoms with Crippen LogP contribution in [0.5, 0.6) is 0 Å². The zero-order chi connectivity index (χ0) is 23.8. The minimum Gasteiger partial charge on any atom is -0.348 e. The van der Waals surface area contributed by atoms with Crippen molar-refractivity contribution in [3.63, 3.8) is 0 Å². The Morgan fingerprint density at radius 1 is 1.03 bits per heavy atom. The summed E-state index contributed by atoms with van der Waals surface area (Å²) in [6.45, 7) is 0.632. The van der Waals surface area contributed by atoms with Crippen molar-refractivity contribution in [2.24, 2.45) is 0 Å². The van der Waals surface area contributed by atoms with E-state index in [2.05, 4.69) is 20.7 Å². The Balaban J connectivity index is 1.40. The summed E-state index contributed by atoms with van der Waals surface area (Å²) in [5, 5.41) is 10.8. The molecule has 2 N–H and O–H groups in total. The van der Waals surface area contributed by atoms with Crippen LogP contribution in [0, 0.1) is 11.6 Å². The molecule has 2 aromatic carbocycles. The average molecular weight is 503 g/mol.